The largest absolute Gasteiger partial charge is 0.490 e. The maximum absolute atomic E-state index is 13.7. The van der Waals surface area contributed by atoms with Crippen LogP contribution in [0.1, 0.15) is 56.0 Å². The van der Waals surface area contributed by atoms with Crippen LogP contribution in [-0.4, -0.2) is 82.4 Å². The average Bonchev–Trinajstić information content (AvgIpc) is 3.57. The van der Waals surface area contributed by atoms with Crippen molar-refractivity contribution in [1.29, 1.82) is 0 Å². The number of aryl methyl sites for hydroxylation is 1. The van der Waals surface area contributed by atoms with Crippen molar-refractivity contribution in [1.82, 2.24) is 19.4 Å². The number of hydrogen-bond donors (Lipinski definition) is 1. The number of alkyl halides is 3. The highest BCUT2D eigenvalue weighted by atomic mass is 19.4. The third-order valence-electron chi connectivity index (χ3n) is 7.37. The number of carboxylic acid groups (broad SMARTS) is 1. The lowest BCUT2D eigenvalue weighted by Gasteiger charge is -2.28. The Kier molecular flexibility index (Phi) is 9.59. The molecule has 2 unspecified atom stereocenters. The Labute approximate surface area is 221 Å². The lowest BCUT2D eigenvalue weighted by atomic mass is 9.75. The fourth-order valence-corrected chi connectivity index (χ4v) is 5.20. The van der Waals surface area contributed by atoms with Crippen LogP contribution in [0.2, 0.25) is 0 Å². The quantitative estimate of drug-likeness (QED) is 0.544. The van der Waals surface area contributed by atoms with Gasteiger partial charge in [-0.3, -0.25) is 9.69 Å². The van der Waals surface area contributed by atoms with E-state index in [0.29, 0.717) is 19.2 Å². The summed E-state index contributed by atoms with van der Waals surface area (Å²) in [5.74, 6) is -2.35. The minimum Gasteiger partial charge on any atom is -0.475 e. The minimum atomic E-state index is -5.08. The third kappa shape index (κ3) is 6.74. The van der Waals surface area contributed by atoms with E-state index in [0.717, 1.165) is 44.7 Å². The van der Waals surface area contributed by atoms with Crippen LogP contribution in [-0.2, 0) is 27.3 Å². The first-order valence-corrected chi connectivity index (χ1v) is 12.8. The molecule has 2 fully saturated rings. The molecular weight excluding hydrogens is 501 g/mol. The molecule has 0 saturated carbocycles. The van der Waals surface area contributed by atoms with E-state index in [-0.39, 0.29) is 17.2 Å². The number of nitrogens with zero attached hydrogens (tertiary/aromatic N) is 4. The summed E-state index contributed by atoms with van der Waals surface area (Å²) < 4.78 is 39.1. The fourth-order valence-electron chi connectivity index (χ4n) is 5.20. The van der Waals surface area contributed by atoms with Crippen molar-refractivity contribution >= 4 is 11.9 Å². The second kappa shape index (κ2) is 12.3. The number of imidazole rings is 1. The molecule has 4 rings (SSSR count). The number of rotatable bonds is 8. The standard InChI is InChI=1S/C25H36N4O2.C2HF3O2/c1-5-20-6-8-21(9-7-20)14-27-15-22(23-16-29(18-26-23)19(2)3)25(17-27)10-11-28(24(25)30)12-13-31-4;3-2(4,5)1(6)7/h6-9,16,18-19,22H,5,10-15,17H2,1-4H3;(H,6,7). The summed E-state index contributed by atoms with van der Waals surface area (Å²) in [6.45, 7) is 11.1. The maximum Gasteiger partial charge on any atom is 0.490 e. The zero-order chi connectivity index (χ0) is 28.1. The number of aromatic nitrogens is 2. The van der Waals surface area contributed by atoms with Gasteiger partial charge < -0.3 is 19.3 Å². The summed E-state index contributed by atoms with van der Waals surface area (Å²) >= 11 is 0. The lowest BCUT2D eigenvalue weighted by molar-refractivity contribution is -0.192. The molecule has 2 aliphatic rings. The van der Waals surface area contributed by atoms with Crippen LogP contribution in [0.15, 0.2) is 36.8 Å². The average molecular weight is 539 g/mol. The van der Waals surface area contributed by atoms with Gasteiger partial charge in [0, 0.05) is 58.0 Å². The fraction of sp³-hybridized carbons (Fsp3) is 0.593. The van der Waals surface area contributed by atoms with E-state index >= 15 is 0 Å². The van der Waals surface area contributed by atoms with Crippen molar-refractivity contribution in [3.63, 3.8) is 0 Å². The number of hydrogen-bond acceptors (Lipinski definition) is 5. The number of likely N-dealkylation sites (tertiary alicyclic amines) is 2. The summed E-state index contributed by atoms with van der Waals surface area (Å²) in [7, 11) is 1.69. The number of carbonyl (C=O) groups excluding carboxylic acids is 1. The van der Waals surface area contributed by atoms with E-state index in [1.54, 1.807) is 7.11 Å². The molecule has 8 nitrogen and oxygen atoms in total. The van der Waals surface area contributed by atoms with Gasteiger partial charge in [-0.15, -0.1) is 0 Å². The van der Waals surface area contributed by atoms with Crippen LogP contribution in [0.3, 0.4) is 0 Å². The molecule has 2 aliphatic heterocycles. The zero-order valence-electron chi connectivity index (χ0n) is 22.4. The molecule has 2 saturated heterocycles. The highest BCUT2D eigenvalue weighted by Gasteiger charge is 2.57. The van der Waals surface area contributed by atoms with E-state index in [9.17, 15) is 18.0 Å². The summed E-state index contributed by atoms with van der Waals surface area (Å²) in [5, 5.41) is 7.12. The number of benzene rings is 1. The van der Waals surface area contributed by atoms with Crippen molar-refractivity contribution in [2.45, 2.75) is 58.3 Å². The predicted molar refractivity (Wildman–Crippen MR) is 136 cm³/mol. The van der Waals surface area contributed by atoms with Gasteiger partial charge in [0.15, 0.2) is 0 Å². The Morgan fingerprint density at radius 1 is 1.24 bits per heavy atom. The number of aliphatic carboxylic acids is 1. The molecule has 1 spiro atoms. The number of carbonyl (C=O) groups is 2. The van der Waals surface area contributed by atoms with Crippen molar-refractivity contribution in [3.8, 4) is 0 Å². The van der Waals surface area contributed by atoms with Gasteiger partial charge in [0.2, 0.25) is 5.91 Å². The van der Waals surface area contributed by atoms with E-state index in [1.807, 2.05) is 11.2 Å². The van der Waals surface area contributed by atoms with Crippen LogP contribution < -0.4 is 0 Å². The molecular formula is C27H37F3N4O4. The first kappa shape index (κ1) is 29.6. The molecule has 1 amide bonds. The molecule has 1 aromatic carbocycles. The monoisotopic (exact) mass is 538 g/mol. The van der Waals surface area contributed by atoms with Gasteiger partial charge >= 0.3 is 12.1 Å². The highest BCUT2D eigenvalue weighted by Crippen LogP contribution is 2.49. The molecule has 3 heterocycles. The van der Waals surface area contributed by atoms with E-state index in [1.165, 1.54) is 11.1 Å². The Balaban J connectivity index is 0.000000505. The summed E-state index contributed by atoms with van der Waals surface area (Å²) in [6, 6.07) is 9.26. The van der Waals surface area contributed by atoms with Crippen molar-refractivity contribution in [3.05, 3.63) is 53.6 Å². The molecule has 1 N–H and O–H groups in total. The molecule has 0 aliphatic carbocycles. The Bertz CT molecular complexity index is 1090. The Morgan fingerprint density at radius 2 is 1.87 bits per heavy atom. The predicted octanol–water partition coefficient (Wildman–Crippen LogP) is 4.12. The normalized spacial score (nSPS) is 21.8. The van der Waals surface area contributed by atoms with E-state index < -0.39 is 12.1 Å². The summed E-state index contributed by atoms with van der Waals surface area (Å²) in [4.78, 5) is 31.8. The second-order valence-electron chi connectivity index (χ2n) is 10.2. The van der Waals surface area contributed by atoms with Crippen LogP contribution >= 0.6 is 0 Å². The highest BCUT2D eigenvalue weighted by molar-refractivity contribution is 5.86. The van der Waals surface area contributed by atoms with Crippen molar-refractivity contribution in [2.24, 2.45) is 5.41 Å². The molecule has 0 radical (unpaired) electrons. The molecule has 0 bridgehead atoms. The van der Waals surface area contributed by atoms with Gasteiger partial charge in [0.1, 0.15) is 0 Å². The summed E-state index contributed by atoms with van der Waals surface area (Å²) in [6.07, 6.45) is 0.934. The van der Waals surface area contributed by atoms with Gasteiger partial charge in [0.05, 0.1) is 24.0 Å². The summed E-state index contributed by atoms with van der Waals surface area (Å²) in [5.41, 5.74) is 3.34. The zero-order valence-corrected chi connectivity index (χ0v) is 22.4. The third-order valence-corrected chi connectivity index (χ3v) is 7.37. The number of halogens is 3. The molecule has 2 aromatic rings. The van der Waals surface area contributed by atoms with Crippen LogP contribution in [0.25, 0.3) is 0 Å². The van der Waals surface area contributed by atoms with Gasteiger partial charge in [0.25, 0.3) is 0 Å². The van der Waals surface area contributed by atoms with Gasteiger partial charge in [-0.25, -0.2) is 9.78 Å². The number of amides is 1. The van der Waals surface area contributed by atoms with E-state index in [4.69, 9.17) is 19.6 Å². The Hall–Kier alpha value is -2.92. The van der Waals surface area contributed by atoms with Crippen LogP contribution in [0.5, 0.6) is 0 Å². The topological polar surface area (TPSA) is 87.9 Å². The molecule has 210 valence electrons. The number of carboxylic acids is 1. The first-order valence-electron chi connectivity index (χ1n) is 12.8. The van der Waals surface area contributed by atoms with E-state index in [2.05, 4.69) is 60.7 Å². The van der Waals surface area contributed by atoms with Gasteiger partial charge in [-0.05, 0) is 37.8 Å². The van der Waals surface area contributed by atoms with Gasteiger partial charge in [-0.2, -0.15) is 13.2 Å². The van der Waals surface area contributed by atoms with Crippen LogP contribution in [0.4, 0.5) is 13.2 Å². The lowest BCUT2D eigenvalue weighted by Crippen LogP contribution is -2.40. The minimum absolute atomic E-state index is 0.127. The maximum atomic E-state index is 13.7. The van der Waals surface area contributed by atoms with Crippen LogP contribution in [0, 0.1) is 5.41 Å². The van der Waals surface area contributed by atoms with Gasteiger partial charge in [-0.1, -0.05) is 31.2 Å². The first-order chi connectivity index (χ1) is 17.9. The molecule has 1 aromatic heterocycles. The smallest absolute Gasteiger partial charge is 0.475 e. The molecule has 38 heavy (non-hydrogen) atoms. The number of methoxy groups -OCH3 is 1. The van der Waals surface area contributed by atoms with Crippen molar-refractivity contribution < 1.29 is 32.6 Å². The number of ether oxygens (including phenoxy) is 1. The molecule has 2 atom stereocenters. The second-order valence-corrected chi connectivity index (χ2v) is 10.2. The van der Waals surface area contributed by atoms with Crippen molar-refractivity contribution in [2.75, 3.05) is 39.9 Å². The Morgan fingerprint density at radius 3 is 2.39 bits per heavy atom. The SMILES string of the molecule is CCc1ccc(CN2CC(c3cn(C(C)C)cn3)C3(CCN(CCOC)C3=O)C2)cc1.O=C(O)C(F)(F)F. The molecule has 11 heteroatoms.